The minimum atomic E-state index is -3.95. The molecule has 3 rings (SSSR count). The van der Waals surface area contributed by atoms with Gasteiger partial charge in [-0.15, -0.1) is 0 Å². The second-order valence-corrected chi connectivity index (χ2v) is 8.20. The molecule has 150 valence electrons. The third kappa shape index (κ3) is 4.42. The predicted octanol–water partition coefficient (Wildman–Crippen LogP) is 2.47. The van der Waals surface area contributed by atoms with Gasteiger partial charge >= 0.3 is 5.97 Å². The van der Waals surface area contributed by atoms with E-state index in [0.29, 0.717) is 18.8 Å². The molecule has 2 aromatic rings. The van der Waals surface area contributed by atoms with Gasteiger partial charge in [-0.1, -0.05) is 6.92 Å². The first-order chi connectivity index (χ1) is 13.3. The minimum absolute atomic E-state index is 0.0317. The van der Waals surface area contributed by atoms with E-state index in [4.69, 9.17) is 0 Å². The molecule has 1 saturated heterocycles. The summed E-state index contributed by atoms with van der Waals surface area (Å²) in [5.74, 6) is -1.67. The lowest BCUT2D eigenvalue weighted by Gasteiger charge is -2.36. The van der Waals surface area contributed by atoms with E-state index in [-0.39, 0.29) is 16.1 Å². The zero-order chi connectivity index (χ0) is 20.3. The Morgan fingerprint density at radius 3 is 2.32 bits per heavy atom. The highest BCUT2D eigenvalue weighted by atomic mass is 32.2. The average molecular weight is 407 g/mol. The Kier molecular flexibility index (Phi) is 5.85. The molecule has 0 spiro atoms. The average Bonchev–Trinajstić information content (AvgIpc) is 2.68. The van der Waals surface area contributed by atoms with E-state index in [1.807, 2.05) is 4.90 Å². The molecule has 0 radical (unpaired) electrons. The fourth-order valence-electron chi connectivity index (χ4n) is 3.18. The Morgan fingerprint density at radius 2 is 1.75 bits per heavy atom. The van der Waals surface area contributed by atoms with Crippen molar-refractivity contribution in [3.05, 3.63) is 53.8 Å². The summed E-state index contributed by atoms with van der Waals surface area (Å²) in [5, 5.41) is 9.61. The van der Waals surface area contributed by atoms with Crippen LogP contribution in [-0.2, 0) is 10.0 Å². The minimum Gasteiger partial charge on any atom is -0.478 e. The van der Waals surface area contributed by atoms with Gasteiger partial charge in [-0.3, -0.25) is 4.72 Å². The van der Waals surface area contributed by atoms with Gasteiger partial charge in [0.25, 0.3) is 10.0 Å². The molecular weight excluding hydrogens is 385 g/mol. The molecule has 1 aliphatic rings. The lowest BCUT2D eigenvalue weighted by atomic mass is 10.1. The van der Waals surface area contributed by atoms with Gasteiger partial charge in [0.15, 0.2) is 0 Å². The second kappa shape index (κ2) is 8.15. The zero-order valence-corrected chi connectivity index (χ0v) is 16.2. The molecule has 0 atom stereocenters. The van der Waals surface area contributed by atoms with Gasteiger partial charge in [-0.2, -0.15) is 0 Å². The SMILES string of the molecule is CCN1CCN(c2ccc(NS(=O)(=O)c3ccc(F)cc3)cc2C(=O)O)CC1. The fourth-order valence-corrected chi connectivity index (χ4v) is 4.23. The van der Waals surface area contributed by atoms with E-state index in [9.17, 15) is 22.7 Å². The van der Waals surface area contributed by atoms with Gasteiger partial charge in [-0.05, 0) is 49.0 Å². The van der Waals surface area contributed by atoms with Crippen molar-refractivity contribution >= 4 is 27.4 Å². The van der Waals surface area contributed by atoms with Gasteiger partial charge in [0, 0.05) is 31.9 Å². The first kappa shape index (κ1) is 20.1. The van der Waals surface area contributed by atoms with Gasteiger partial charge in [0.05, 0.1) is 16.1 Å². The van der Waals surface area contributed by atoms with Crippen LogP contribution < -0.4 is 9.62 Å². The third-order valence-electron chi connectivity index (χ3n) is 4.76. The first-order valence-electron chi connectivity index (χ1n) is 8.93. The molecule has 0 aliphatic carbocycles. The van der Waals surface area contributed by atoms with Gasteiger partial charge in [0.2, 0.25) is 0 Å². The summed E-state index contributed by atoms with van der Waals surface area (Å²) in [6, 6.07) is 8.87. The second-order valence-electron chi connectivity index (χ2n) is 6.52. The van der Waals surface area contributed by atoms with Crippen molar-refractivity contribution in [3.8, 4) is 0 Å². The summed E-state index contributed by atoms with van der Waals surface area (Å²) in [4.78, 5) is 15.9. The van der Waals surface area contributed by atoms with Crippen molar-refractivity contribution in [1.82, 2.24) is 4.90 Å². The molecular formula is C19H22FN3O4S. The van der Waals surface area contributed by atoms with Gasteiger partial charge < -0.3 is 14.9 Å². The third-order valence-corrected chi connectivity index (χ3v) is 6.16. The summed E-state index contributed by atoms with van der Waals surface area (Å²) >= 11 is 0. The largest absolute Gasteiger partial charge is 0.478 e. The molecule has 1 fully saturated rings. The van der Waals surface area contributed by atoms with E-state index < -0.39 is 21.8 Å². The zero-order valence-electron chi connectivity index (χ0n) is 15.4. The highest BCUT2D eigenvalue weighted by Gasteiger charge is 2.22. The van der Waals surface area contributed by atoms with Crippen molar-refractivity contribution in [2.75, 3.05) is 42.3 Å². The van der Waals surface area contributed by atoms with E-state index in [1.54, 1.807) is 6.07 Å². The fraction of sp³-hybridized carbons (Fsp3) is 0.316. The predicted molar refractivity (Wildman–Crippen MR) is 105 cm³/mol. The van der Waals surface area contributed by atoms with Crippen molar-refractivity contribution in [2.45, 2.75) is 11.8 Å². The standard InChI is InChI=1S/C19H22FN3O4S/c1-2-22-9-11-23(12-10-22)18-8-5-15(13-17(18)19(24)25)21-28(26,27)16-6-3-14(20)4-7-16/h3-8,13,21H,2,9-12H2,1H3,(H,24,25). The maximum absolute atomic E-state index is 13.0. The number of nitrogens with zero attached hydrogens (tertiary/aromatic N) is 2. The summed E-state index contributed by atoms with van der Waals surface area (Å²) in [7, 11) is -3.95. The molecule has 2 N–H and O–H groups in total. The van der Waals surface area contributed by atoms with E-state index in [1.165, 1.54) is 12.1 Å². The number of nitrogens with one attached hydrogen (secondary N) is 1. The lowest BCUT2D eigenvalue weighted by molar-refractivity contribution is 0.0697. The van der Waals surface area contributed by atoms with Crippen molar-refractivity contribution in [2.24, 2.45) is 0 Å². The Balaban J connectivity index is 1.85. The highest BCUT2D eigenvalue weighted by molar-refractivity contribution is 7.92. The molecule has 7 nitrogen and oxygen atoms in total. The van der Waals surface area contributed by atoms with E-state index in [0.717, 1.165) is 43.9 Å². The van der Waals surface area contributed by atoms with Crippen LogP contribution in [0.2, 0.25) is 0 Å². The van der Waals surface area contributed by atoms with Crippen molar-refractivity contribution in [3.63, 3.8) is 0 Å². The molecule has 1 heterocycles. The topological polar surface area (TPSA) is 90.0 Å². The number of anilines is 2. The number of hydrogen-bond acceptors (Lipinski definition) is 5. The van der Waals surface area contributed by atoms with Gasteiger partial charge in [0.1, 0.15) is 5.82 Å². The number of likely N-dealkylation sites (N-methyl/N-ethyl adjacent to an activating group) is 1. The van der Waals surface area contributed by atoms with Crippen LogP contribution in [0.25, 0.3) is 0 Å². The van der Waals surface area contributed by atoms with Crippen LogP contribution in [0.3, 0.4) is 0 Å². The van der Waals surface area contributed by atoms with Crippen LogP contribution >= 0.6 is 0 Å². The molecule has 9 heteroatoms. The number of aromatic carboxylic acids is 1. The van der Waals surface area contributed by atoms with Crippen LogP contribution in [0.1, 0.15) is 17.3 Å². The van der Waals surface area contributed by atoms with Crippen LogP contribution in [0.4, 0.5) is 15.8 Å². The molecule has 1 aliphatic heterocycles. The normalized spacial score (nSPS) is 15.4. The molecule has 0 saturated carbocycles. The number of benzene rings is 2. The number of halogens is 1. The van der Waals surface area contributed by atoms with Crippen molar-refractivity contribution < 1.29 is 22.7 Å². The number of carbonyl (C=O) groups is 1. The molecule has 0 bridgehead atoms. The monoisotopic (exact) mass is 407 g/mol. The Hall–Kier alpha value is -2.65. The molecule has 28 heavy (non-hydrogen) atoms. The molecule has 2 aromatic carbocycles. The number of rotatable bonds is 6. The van der Waals surface area contributed by atoms with Crippen LogP contribution in [-0.4, -0.2) is 57.1 Å². The Morgan fingerprint density at radius 1 is 1.11 bits per heavy atom. The maximum Gasteiger partial charge on any atom is 0.337 e. The Labute approximate surface area is 163 Å². The summed E-state index contributed by atoms with van der Waals surface area (Å²) in [5.41, 5.74) is 0.731. The summed E-state index contributed by atoms with van der Waals surface area (Å²) < 4.78 is 40.3. The molecule has 0 amide bonds. The number of sulfonamides is 1. The van der Waals surface area contributed by atoms with Crippen LogP contribution in [0.15, 0.2) is 47.4 Å². The number of carboxylic acid groups (broad SMARTS) is 1. The lowest BCUT2D eigenvalue weighted by Crippen LogP contribution is -2.46. The van der Waals surface area contributed by atoms with E-state index >= 15 is 0 Å². The summed E-state index contributed by atoms with van der Waals surface area (Å²) in [6.07, 6.45) is 0. The smallest absolute Gasteiger partial charge is 0.337 e. The van der Waals surface area contributed by atoms with E-state index in [2.05, 4.69) is 16.5 Å². The van der Waals surface area contributed by atoms with Crippen LogP contribution in [0.5, 0.6) is 0 Å². The summed E-state index contributed by atoms with van der Waals surface area (Å²) in [6.45, 7) is 6.12. The van der Waals surface area contributed by atoms with Crippen LogP contribution in [0, 0.1) is 5.82 Å². The Bertz CT molecular complexity index is 956. The first-order valence-corrected chi connectivity index (χ1v) is 10.4. The molecule has 0 unspecified atom stereocenters. The number of carboxylic acids is 1. The van der Waals surface area contributed by atoms with Crippen molar-refractivity contribution in [1.29, 1.82) is 0 Å². The quantitative estimate of drug-likeness (QED) is 0.765. The highest BCUT2D eigenvalue weighted by Crippen LogP contribution is 2.27. The number of hydrogen-bond donors (Lipinski definition) is 2. The van der Waals surface area contributed by atoms with Gasteiger partial charge in [-0.25, -0.2) is 17.6 Å². The maximum atomic E-state index is 13.0. The number of piperazine rings is 1. The molecule has 0 aromatic heterocycles.